The first kappa shape index (κ1) is 13.5. The van der Waals surface area contributed by atoms with Crippen molar-refractivity contribution in [1.29, 1.82) is 0 Å². The first-order chi connectivity index (χ1) is 10.1. The van der Waals surface area contributed by atoms with E-state index >= 15 is 0 Å². The molecule has 1 aromatic heterocycles. The number of hydrogen-bond acceptors (Lipinski definition) is 4. The van der Waals surface area contributed by atoms with Crippen LogP contribution in [0.3, 0.4) is 0 Å². The number of nitrogens with one attached hydrogen (secondary N) is 2. The molecule has 1 aromatic carbocycles. The van der Waals surface area contributed by atoms with E-state index in [0.29, 0.717) is 17.6 Å². The van der Waals surface area contributed by atoms with E-state index in [1.807, 2.05) is 32.0 Å². The van der Waals surface area contributed by atoms with Crippen LogP contribution >= 0.6 is 0 Å². The predicted molar refractivity (Wildman–Crippen MR) is 82.5 cm³/mol. The van der Waals surface area contributed by atoms with Crippen LogP contribution in [-0.2, 0) is 0 Å². The Kier molecular flexibility index (Phi) is 3.56. The van der Waals surface area contributed by atoms with Gasteiger partial charge >= 0.3 is 0 Å². The molecule has 1 saturated carbocycles. The number of aryl methyl sites for hydroxylation is 2. The summed E-state index contributed by atoms with van der Waals surface area (Å²) in [6.45, 7) is 3.96. The van der Waals surface area contributed by atoms with Crippen molar-refractivity contribution in [2.75, 3.05) is 10.6 Å². The summed E-state index contributed by atoms with van der Waals surface area (Å²) in [7, 11) is 0. The van der Waals surface area contributed by atoms with Gasteiger partial charge in [0.1, 0.15) is 17.8 Å². The van der Waals surface area contributed by atoms with Gasteiger partial charge in [-0.1, -0.05) is 12.1 Å². The second-order valence-electron chi connectivity index (χ2n) is 5.48. The maximum atomic E-state index is 12.3. The minimum absolute atomic E-state index is 0.218. The van der Waals surface area contributed by atoms with Gasteiger partial charge < -0.3 is 10.6 Å². The molecule has 0 aliphatic heterocycles. The van der Waals surface area contributed by atoms with E-state index in [2.05, 4.69) is 20.6 Å². The van der Waals surface area contributed by atoms with Gasteiger partial charge in [-0.3, -0.25) is 4.79 Å². The molecule has 5 nitrogen and oxygen atoms in total. The number of rotatable bonds is 4. The lowest BCUT2D eigenvalue weighted by Crippen LogP contribution is -2.15. The van der Waals surface area contributed by atoms with Crippen LogP contribution in [0, 0.1) is 13.8 Å². The second-order valence-corrected chi connectivity index (χ2v) is 5.48. The topological polar surface area (TPSA) is 66.9 Å². The number of amides is 1. The maximum absolute atomic E-state index is 12.3. The van der Waals surface area contributed by atoms with Crippen LogP contribution in [0.15, 0.2) is 30.6 Å². The molecule has 21 heavy (non-hydrogen) atoms. The largest absolute Gasteiger partial charge is 0.367 e. The van der Waals surface area contributed by atoms with Gasteiger partial charge in [-0.2, -0.15) is 0 Å². The van der Waals surface area contributed by atoms with E-state index in [1.54, 1.807) is 6.07 Å². The summed E-state index contributed by atoms with van der Waals surface area (Å²) >= 11 is 0. The van der Waals surface area contributed by atoms with E-state index < -0.39 is 0 Å². The summed E-state index contributed by atoms with van der Waals surface area (Å²) < 4.78 is 0. The minimum Gasteiger partial charge on any atom is -0.367 e. The average Bonchev–Trinajstić information content (AvgIpc) is 3.27. The molecule has 0 spiro atoms. The quantitative estimate of drug-likeness (QED) is 0.904. The zero-order valence-corrected chi connectivity index (χ0v) is 12.2. The molecule has 5 heteroatoms. The van der Waals surface area contributed by atoms with Crippen molar-refractivity contribution in [3.8, 4) is 0 Å². The minimum atomic E-state index is -0.218. The van der Waals surface area contributed by atoms with Gasteiger partial charge in [0.05, 0.1) is 0 Å². The third kappa shape index (κ3) is 3.37. The van der Waals surface area contributed by atoms with Crippen molar-refractivity contribution in [3.05, 3.63) is 47.4 Å². The number of carbonyl (C=O) groups is 1. The number of benzene rings is 1. The predicted octanol–water partition coefficient (Wildman–Crippen LogP) is 2.92. The fourth-order valence-corrected chi connectivity index (χ4v) is 2.05. The standard InChI is InChI=1S/C16H18N4O/c1-10-3-4-11(2)13(7-10)20-16(21)14-8-15(18-9-17-14)19-12-5-6-12/h3-4,7-9,12H,5-6H2,1-2H3,(H,20,21)(H,17,18,19). The molecule has 2 aromatic rings. The summed E-state index contributed by atoms with van der Waals surface area (Å²) in [6.07, 6.45) is 3.74. The Morgan fingerprint density at radius 1 is 1.19 bits per heavy atom. The molecule has 0 radical (unpaired) electrons. The molecule has 0 bridgehead atoms. The Morgan fingerprint density at radius 3 is 2.76 bits per heavy atom. The van der Waals surface area contributed by atoms with E-state index in [0.717, 1.165) is 29.7 Å². The number of carbonyl (C=O) groups excluding carboxylic acids is 1. The number of nitrogens with zero attached hydrogens (tertiary/aromatic N) is 2. The first-order valence-electron chi connectivity index (χ1n) is 7.09. The van der Waals surface area contributed by atoms with E-state index in [1.165, 1.54) is 6.33 Å². The third-order valence-corrected chi connectivity index (χ3v) is 3.47. The van der Waals surface area contributed by atoms with Gasteiger partial charge in [0.15, 0.2) is 0 Å². The van der Waals surface area contributed by atoms with E-state index in [9.17, 15) is 4.79 Å². The summed E-state index contributed by atoms with van der Waals surface area (Å²) in [5, 5.41) is 6.17. The van der Waals surface area contributed by atoms with Crippen molar-refractivity contribution in [1.82, 2.24) is 9.97 Å². The molecule has 1 aliphatic rings. The van der Waals surface area contributed by atoms with Crippen molar-refractivity contribution in [2.24, 2.45) is 0 Å². The fourth-order valence-electron chi connectivity index (χ4n) is 2.05. The molecule has 2 N–H and O–H groups in total. The van der Waals surface area contributed by atoms with Crippen LogP contribution in [0.1, 0.15) is 34.5 Å². The van der Waals surface area contributed by atoms with Gasteiger partial charge in [-0.25, -0.2) is 9.97 Å². The lowest BCUT2D eigenvalue weighted by molar-refractivity contribution is 0.102. The molecule has 1 aliphatic carbocycles. The van der Waals surface area contributed by atoms with E-state index in [-0.39, 0.29) is 5.91 Å². The highest BCUT2D eigenvalue weighted by Gasteiger charge is 2.21. The summed E-state index contributed by atoms with van der Waals surface area (Å²) in [5.41, 5.74) is 3.32. The Labute approximate surface area is 123 Å². The molecule has 0 unspecified atom stereocenters. The Morgan fingerprint density at radius 2 is 2.00 bits per heavy atom. The molecule has 108 valence electrons. The van der Waals surface area contributed by atoms with Crippen LogP contribution in [0.2, 0.25) is 0 Å². The summed E-state index contributed by atoms with van der Waals surface area (Å²) in [6, 6.07) is 8.16. The number of hydrogen-bond donors (Lipinski definition) is 2. The van der Waals surface area contributed by atoms with Crippen molar-refractivity contribution in [3.63, 3.8) is 0 Å². The van der Waals surface area contributed by atoms with Crippen molar-refractivity contribution >= 4 is 17.4 Å². The first-order valence-corrected chi connectivity index (χ1v) is 7.09. The number of anilines is 2. The number of aromatic nitrogens is 2. The van der Waals surface area contributed by atoms with Gasteiger partial charge in [0.25, 0.3) is 5.91 Å². The van der Waals surface area contributed by atoms with Gasteiger partial charge in [0, 0.05) is 17.8 Å². The molecule has 1 heterocycles. The van der Waals surface area contributed by atoms with Crippen LogP contribution in [0.25, 0.3) is 0 Å². The Bertz CT molecular complexity index is 680. The smallest absolute Gasteiger partial charge is 0.274 e. The molecule has 0 saturated heterocycles. The normalized spacial score (nSPS) is 13.8. The average molecular weight is 282 g/mol. The fraction of sp³-hybridized carbons (Fsp3) is 0.312. The second kappa shape index (κ2) is 5.52. The zero-order chi connectivity index (χ0) is 14.8. The Hall–Kier alpha value is -2.43. The third-order valence-electron chi connectivity index (χ3n) is 3.47. The lowest BCUT2D eigenvalue weighted by atomic mass is 10.1. The van der Waals surface area contributed by atoms with Crippen LogP contribution < -0.4 is 10.6 Å². The molecule has 1 amide bonds. The molecule has 1 fully saturated rings. The van der Waals surface area contributed by atoms with Gasteiger partial charge in [-0.05, 0) is 43.9 Å². The van der Waals surface area contributed by atoms with Gasteiger partial charge in [-0.15, -0.1) is 0 Å². The molecular weight excluding hydrogens is 264 g/mol. The van der Waals surface area contributed by atoms with Crippen LogP contribution in [-0.4, -0.2) is 21.9 Å². The SMILES string of the molecule is Cc1ccc(C)c(NC(=O)c2cc(NC3CC3)ncn2)c1. The zero-order valence-electron chi connectivity index (χ0n) is 12.2. The molecule has 0 atom stereocenters. The van der Waals surface area contributed by atoms with Crippen LogP contribution in [0.5, 0.6) is 0 Å². The maximum Gasteiger partial charge on any atom is 0.274 e. The van der Waals surface area contributed by atoms with Crippen LogP contribution in [0.4, 0.5) is 11.5 Å². The summed E-state index contributed by atoms with van der Waals surface area (Å²) in [4.78, 5) is 20.5. The Balaban J connectivity index is 1.76. The van der Waals surface area contributed by atoms with Gasteiger partial charge in [0.2, 0.25) is 0 Å². The highest BCUT2D eigenvalue weighted by atomic mass is 16.1. The van der Waals surface area contributed by atoms with E-state index in [4.69, 9.17) is 0 Å². The molecular formula is C16H18N4O. The monoisotopic (exact) mass is 282 g/mol. The lowest BCUT2D eigenvalue weighted by Gasteiger charge is -2.09. The highest BCUT2D eigenvalue weighted by molar-refractivity contribution is 6.03. The van der Waals surface area contributed by atoms with Crippen molar-refractivity contribution < 1.29 is 4.79 Å². The van der Waals surface area contributed by atoms with Crippen molar-refractivity contribution in [2.45, 2.75) is 32.7 Å². The highest BCUT2D eigenvalue weighted by Crippen LogP contribution is 2.23. The summed E-state index contributed by atoms with van der Waals surface area (Å²) in [5.74, 6) is 0.489. The molecule has 3 rings (SSSR count).